The van der Waals surface area contributed by atoms with Crippen molar-refractivity contribution in [2.24, 2.45) is 0 Å². The van der Waals surface area contributed by atoms with Crippen LogP contribution in [0.2, 0.25) is 0 Å². The van der Waals surface area contributed by atoms with Gasteiger partial charge < -0.3 is 4.90 Å². The van der Waals surface area contributed by atoms with Gasteiger partial charge in [0.1, 0.15) is 0 Å². The maximum atomic E-state index is 3.83. The Balaban J connectivity index is 2.12. The molecule has 17 heavy (non-hydrogen) atoms. The van der Waals surface area contributed by atoms with Crippen LogP contribution in [0.3, 0.4) is 0 Å². The lowest BCUT2D eigenvalue weighted by Gasteiger charge is -2.11. The molecule has 0 radical (unpaired) electrons. The fraction of sp³-hybridized carbons (Fsp3) is 0.143. The molecule has 0 N–H and O–H groups in total. The molecule has 0 bridgehead atoms. The molecule has 0 aliphatic rings. The summed E-state index contributed by atoms with van der Waals surface area (Å²) in [5.74, 6) is 0. The van der Waals surface area contributed by atoms with Gasteiger partial charge in [0.2, 0.25) is 0 Å². The lowest BCUT2D eigenvalue weighted by Crippen LogP contribution is -2.07. The average Bonchev–Trinajstić information content (AvgIpc) is 2.38. The van der Waals surface area contributed by atoms with Crippen LogP contribution in [-0.2, 0) is 0 Å². The maximum absolute atomic E-state index is 3.83. The first-order chi connectivity index (χ1) is 8.25. The molecule has 0 amide bonds. The summed E-state index contributed by atoms with van der Waals surface area (Å²) in [6.45, 7) is 0. The van der Waals surface area contributed by atoms with Crippen molar-refractivity contribution in [1.29, 1.82) is 0 Å². The second-order valence-corrected chi connectivity index (χ2v) is 4.00. The second kappa shape index (κ2) is 5.25. The lowest BCUT2D eigenvalue weighted by atomic mass is 10.1. The molecule has 0 aliphatic heterocycles. The van der Waals surface area contributed by atoms with E-state index in [9.17, 15) is 0 Å². The summed E-state index contributed by atoms with van der Waals surface area (Å²) in [5, 5.41) is 7.57. The average molecular weight is 225 g/mol. The highest BCUT2D eigenvalue weighted by Crippen LogP contribution is 2.14. The molecule has 0 aliphatic carbocycles. The summed E-state index contributed by atoms with van der Waals surface area (Å²) < 4.78 is 0. The van der Waals surface area contributed by atoms with Crippen molar-refractivity contribution in [2.45, 2.75) is 0 Å². The molecule has 0 unspecified atom stereocenters. The zero-order chi connectivity index (χ0) is 12.1. The molecule has 1 aromatic carbocycles. The van der Waals surface area contributed by atoms with Gasteiger partial charge >= 0.3 is 0 Å². The Kier molecular flexibility index (Phi) is 3.50. The summed E-state index contributed by atoms with van der Waals surface area (Å²) in [4.78, 5) is 2.08. The quantitative estimate of drug-likeness (QED) is 0.804. The Bertz CT molecular complexity index is 487. The number of nitrogens with zero attached hydrogens (tertiary/aromatic N) is 3. The minimum absolute atomic E-state index is 1.05. The van der Waals surface area contributed by atoms with Crippen LogP contribution < -0.4 is 4.90 Å². The normalized spacial score (nSPS) is 10.7. The fourth-order valence-electron chi connectivity index (χ4n) is 1.48. The fourth-order valence-corrected chi connectivity index (χ4v) is 1.48. The van der Waals surface area contributed by atoms with E-state index in [0.717, 1.165) is 5.56 Å². The predicted octanol–water partition coefficient (Wildman–Crippen LogP) is 2.71. The Labute approximate surface area is 101 Å². The van der Waals surface area contributed by atoms with E-state index in [1.165, 1.54) is 11.3 Å². The monoisotopic (exact) mass is 225 g/mol. The topological polar surface area (TPSA) is 29.0 Å². The lowest BCUT2D eigenvalue weighted by molar-refractivity contribution is 1.03. The molecule has 0 saturated heterocycles. The Morgan fingerprint density at radius 1 is 0.882 bits per heavy atom. The van der Waals surface area contributed by atoms with Gasteiger partial charge in [0, 0.05) is 19.8 Å². The van der Waals surface area contributed by atoms with Crippen LogP contribution in [0.5, 0.6) is 0 Å². The SMILES string of the molecule is CN(C)c1ccc(/C=C/c2ccnnc2)cc1. The van der Waals surface area contributed by atoms with E-state index >= 15 is 0 Å². The highest BCUT2D eigenvalue weighted by Gasteiger charge is 1.93. The van der Waals surface area contributed by atoms with Crippen molar-refractivity contribution in [1.82, 2.24) is 10.2 Å². The third-order valence-electron chi connectivity index (χ3n) is 2.48. The first kappa shape index (κ1) is 11.3. The highest BCUT2D eigenvalue weighted by molar-refractivity contribution is 5.69. The molecule has 3 nitrogen and oxygen atoms in total. The van der Waals surface area contributed by atoms with Crippen molar-refractivity contribution in [2.75, 3.05) is 19.0 Å². The van der Waals surface area contributed by atoms with E-state index in [1.807, 2.05) is 26.2 Å². The van der Waals surface area contributed by atoms with Crippen LogP contribution in [0.25, 0.3) is 12.2 Å². The number of benzene rings is 1. The van der Waals surface area contributed by atoms with Gasteiger partial charge in [-0.25, -0.2) is 0 Å². The van der Waals surface area contributed by atoms with Crippen LogP contribution in [0.15, 0.2) is 42.7 Å². The third kappa shape index (κ3) is 3.14. The largest absolute Gasteiger partial charge is 0.378 e. The van der Waals surface area contributed by atoms with Gasteiger partial charge in [-0.2, -0.15) is 10.2 Å². The molecular weight excluding hydrogens is 210 g/mol. The second-order valence-electron chi connectivity index (χ2n) is 4.00. The molecule has 1 heterocycles. The van der Waals surface area contributed by atoms with Gasteiger partial charge in [-0.05, 0) is 29.3 Å². The molecule has 1 aromatic heterocycles. The smallest absolute Gasteiger partial charge is 0.0568 e. The van der Waals surface area contributed by atoms with E-state index in [4.69, 9.17) is 0 Å². The molecular formula is C14H15N3. The molecule has 2 aromatic rings. The van der Waals surface area contributed by atoms with Gasteiger partial charge in [0.15, 0.2) is 0 Å². The number of hydrogen-bond donors (Lipinski definition) is 0. The van der Waals surface area contributed by atoms with E-state index in [0.29, 0.717) is 0 Å². The standard InChI is InChI=1S/C14H15N3/c1-17(2)14-7-5-12(6-8-14)3-4-13-9-10-15-16-11-13/h3-11H,1-2H3/b4-3+. The Morgan fingerprint density at radius 3 is 2.18 bits per heavy atom. The summed E-state index contributed by atoms with van der Waals surface area (Å²) in [6.07, 6.45) is 7.52. The Morgan fingerprint density at radius 2 is 1.59 bits per heavy atom. The first-order valence-corrected chi connectivity index (χ1v) is 5.48. The number of hydrogen-bond acceptors (Lipinski definition) is 3. The van der Waals surface area contributed by atoms with Crippen LogP contribution in [0.1, 0.15) is 11.1 Å². The minimum Gasteiger partial charge on any atom is -0.378 e. The molecule has 0 fully saturated rings. The minimum atomic E-state index is 1.05. The number of rotatable bonds is 3. The van der Waals surface area contributed by atoms with E-state index < -0.39 is 0 Å². The summed E-state index contributed by atoms with van der Waals surface area (Å²) in [5.41, 5.74) is 3.43. The van der Waals surface area contributed by atoms with Gasteiger partial charge in [-0.15, -0.1) is 0 Å². The molecule has 0 saturated carbocycles. The third-order valence-corrected chi connectivity index (χ3v) is 2.48. The van der Waals surface area contributed by atoms with E-state index in [1.54, 1.807) is 12.4 Å². The van der Waals surface area contributed by atoms with Crippen molar-refractivity contribution in [3.8, 4) is 0 Å². The predicted molar refractivity (Wildman–Crippen MR) is 71.7 cm³/mol. The number of aromatic nitrogens is 2. The van der Waals surface area contributed by atoms with Crippen molar-refractivity contribution < 1.29 is 0 Å². The molecule has 0 spiro atoms. The summed E-state index contributed by atoms with van der Waals surface area (Å²) in [6, 6.07) is 10.3. The maximum Gasteiger partial charge on any atom is 0.0568 e. The van der Waals surface area contributed by atoms with E-state index in [2.05, 4.69) is 45.4 Å². The first-order valence-electron chi connectivity index (χ1n) is 5.48. The van der Waals surface area contributed by atoms with E-state index in [-0.39, 0.29) is 0 Å². The van der Waals surface area contributed by atoms with Crippen molar-refractivity contribution in [3.05, 3.63) is 53.9 Å². The van der Waals surface area contributed by atoms with Gasteiger partial charge in [0.05, 0.1) is 12.4 Å². The summed E-state index contributed by atoms with van der Waals surface area (Å²) in [7, 11) is 4.07. The van der Waals surface area contributed by atoms with Gasteiger partial charge in [-0.3, -0.25) is 0 Å². The van der Waals surface area contributed by atoms with Crippen LogP contribution in [-0.4, -0.2) is 24.3 Å². The molecule has 2 rings (SSSR count). The van der Waals surface area contributed by atoms with Gasteiger partial charge in [0.25, 0.3) is 0 Å². The molecule has 3 heteroatoms. The summed E-state index contributed by atoms with van der Waals surface area (Å²) >= 11 is 0. The highest BCUT2D eigenvalue weighted by atomic mass is 15.1. The van der Waals surface area contributed by atoms with Crippen LogP contribution in [0, 0.1) is 0 Å². The molecule has 0 atom stereocenters. The Hall–Kier alpha value is -2.16. The number of anilines is 1. The zero-order valence-corrected chi connectivity index (χ0v) is 10.0. The van der Waals surface area contributed by atoms with Gasteiger partial charge in [-0.1, -0.05) is 24.3 Å². The molecule has 86 valence electrons. The van der Waals surface area contributed by atoms with Crippen molar-refractivity contribution >= 4 is 17.8 Å². The van der Waals surface area contributed by atoms with Crippen molar-refractivity contribution in [3.63, 3.8) is 0 Å². The zero-order valence-electron chi connectivity index (χ0n) is 10.0. The van der Waals surface area contributed by atoms with Crippen LogP contribution in [0.4, 0.5) is 5.69 Å². The van der Waals surface area contributed by atoms with Crippen LogP contribution >= 0.6 is 0 Å².